The van der Waals surface area contributed by atoms with Crippen molar-refractivity contribution in [3.63, 3.8) is 0 Å². The van der Waals surface area contributed by atoms with E-state index in [0.717, 1.165) is 29.4 Å². The van der Waals surface area contributed by atoms with Crippen molar-refractivity contribution in [2.75, 3.05) is 19.6 Å². The SMILES string of the molecule is Cc1ncc(/C=C/C(=O)N2CCC(CN)C2)s1. The molecule has 2 N–H and O–H groups in total. The molecular weight excluding hydrogens is 234 g/mol. The number of hydrogen-bond donors (Lipinski definition) is 1. The van der Waals surface area contributed by atoms with Gasteiger partial charge in [-0.3, -0.25) is 4.79 Å². The fraction of sp³-hybridized carbons (Fsp3) is 0.500. The van der Waals surface area contributed by atoms with Gasteiger partial charge in [-0.05, 0) is 31.9 Å². The van der Waals surface area contributed by atoms with E-state index in [1.54, 1.807) is 23.6 Å². The summed E-state index contributed by atoms with van der Waals surface area (Å²) in [7, 11) is 0. The van der Waals surface area contributed by atoms with Crippen molar-refractivity contribution in [2.24, 2.45) is 11.7 Å². The number of carbonyl (C=O) groups is 1. The lowest BCUT2D eigenvalue weighted by molar-refractivity contribution is -0.125. The summed E-state index contributed by atoms with van der Waals surface area (Å²) in [5.74, 6) is 0.546. The molecule has 4 nitrogen and oxygen atoms in total. The Morgan fingerprint density at radius 2 is 2.59 bits per heavy atom. The van der Waals surface area contributed by atoms with Crippen LogP contribution in [0.25, 0.3) is 6.08 Å². The topological polar surface area (TPSA) is 59.2 Å². The molecule has 0 aromatic carbocycles. The Balaban J connectivity index is 1.91. The van der Waals surface area contributed by atoms with Crippen molar-refractivity contribution in [3.05, 3.63) is 22.2 Å². The number of carbonyl (C=O) groups excluding carboxylic acids is 1. The molecule has 1 amide bonds. The minimum atomic E-state index is 0.0759. The zero-order valence-electron chi connectivity index (χ0n) is 9.93. The zero-order valence-corrected chi connectivity index (χ0v) is 10.7. The first-order valence-electron chi connectivity index (χ1n) is 5.78. The number of aromatic nitrogens is 1. The molecule has 1 aromatic heterocycles. The molecule has 1 fully saturated rings. The standard InChI is InChI=1S/C12H17N3OS/c1-9-14-7-11(17-9)2-3-12(16)15-5-4-10(6-13)8-15/h2-3,7,10H,4-6,8,13H2,1H3/b3-2+. The monoisotopic (exact) mass is 251 g/mol. The maximum absolute atomic E-state index is 11.9. The maximum atomic E-state index is 11.9. The van der Waals surface area contributed by atoms with E-state index < -0.39 is 0 Å². The Morgan fingerprint density at radius 1 is 1.76 bits per heavy atom. The summed E-state index contributed by atoms with van der Waals surface area (Å²) >= 11 is 1.59. The van der Waals surface area contributed by atoms with Crippen LogP contribution < -0.4 is 5.73 Å². The number of amides is 1. The fourth-order valence-electron chi connectivity index (χ4n) is 1.94. The number of nitrogens with two attached hydrogens (primary N) is 1. The third-order valence-electron chi connectivity index (χ3n) is 2.96. The second kappa shape index (κ2) is 5.42. The molecule has 0 saturated carbocycles. The molecule has 1 aromatic rings. The van der Waals surface area contributed by atoms with E-state index in [9.17, 15) is 4.79 Å². The lowest BCUT2D eigenvalue weighted by atomic mass is 10.1. The molecule has 2 heterocycles. The van der Waals surface area contributed by atoms with E-state index in [4.69, 9.17) is 5.73 Å². The molecule has 1 atom stereocenters. The third kappa shape index (κ3) is 3.14. The van der Waals surface area contributed by atoms with Crippen molar-refractivity contribution < 1.29 is 4.79 Å². The average molecular weight is 251 g/mol. The Bertz CT molecular complexity index is 427. The highest BCUT2D eigenvalue weighted by molar-refractivity contribution is 7.12. The van der Waals surface area contributed by atoms with Gasteiger partial charge in [0.1, 0.15) is 0 Å². The number of hydrogen-bond acceptors (Lipinski definition) is 4. The average Bonchev–Trinajstić information content (AvgIpc) is 2.94. The lowest BCUT2D eigenvalue weighted by Gasteiger charge is -2.13. The molecule has 1 aliphatic heterocycles. The van der Waals surface area contributed by atoms with Crippen LogP contribution in [0.2, 0.25) is 0 Å². The van der Waals surface area contributed by atoms with E-state index in [1.165, 1.54) is 0 Å². The Morgan fingerprint density at radius 3 is 3.18 bits per heavy atom. The summed E-state index contributed by atoms with van der Waals surface area (Å²) in [6.07, 6.45) is 6.28. The van der Waals surface area contributed by atoms with Gasteiger partial charge in [0.2, 0.25) is 5.91 Å². The molecular formula is C12H17N3OS. The van der Waals surface area contributed by atoms with Crippen LogP contribution in [-0.2, 0) is 4.79 Å². The Kier molecular flexibility index (Phi) is 3.91. The highest BCUT2D eigenvalue weighted by atomic mass is 32.1. The highest BCUT2D eigenvalue weighted by Gasteiger charge is 2.23. The van der Waals surface area contributed by atoms with Crippen LogP contribution in [0.4, 0.5) is 0 Å². The molecule has 17 heavy (non-hydrogen) atoms. The van der Waals surface area contributed by atoms with Crippen molar-refractivity contribution >= 4 is 23.3 Å². The summed E-state index contributed by atoms with van der Waals surface area (Å²) in [6, 6.07) is 0. The predicted molar refractivity (Wildman–Crippen MR) is 69.6 cm³/mol. The van der Waals surface area contributed by atoms with Crippen molar-refractivity contribution in [3.8, 4) is 0 Å². The van der Waals surface area contributed by atoms with Gasteiger partial charge in [-0.25, -0.2) is 4.98 Å². The van der Waals surface area contributed by atoms with Crippen LogP contribution in [-0.4, -0.2) is 35.4 Å². The Labute approximate surface area is 105 Å². The molecule has 5 heteroatoms. The molecule has 0 spiro atoms. The quantitative estimate of drug-likeness (QED) is 0.823. The molecule has 1 unspecified atom stereocenters. The summed E-state index contributed by atoms with van der Waals surface area (Å²) in [4.78, 5) is 18.9. The van der Waals surface area contributed by atoms with E-state index in [2.05, 4.69) is 4.98 Å². The molecule has 92 valence electrons. The lowest BCUT2D eigenvalue weighted by Crippen LogP contribution is -2.28. The molecule has 2 rings (SSSR count). The van der Waals surface area contributed by atoms with E-state index in [0.29, 0.717) is 12.5 Å². The normalized spacial score (nSPS) is 20.4. The van der Waals surface area contributed by atoms with Gasteiger partial charge < -0.3 is 10.6 Å². The van der Waals surface area contributed by atoms with Crippen LogP contribution in [0.5, 0.6) is 0 Å². The van der Waals surface area contributed by atoms with Crippen LogP contribution in [0.15, 0.2) is 12.3 Å². The summed E-state index contributed by atoms with van der Waals surface area (Å²) in [5.41, 5.74) is 5.60. The molecule has 1 aliphatic rings. The van der Waals surface area contributed by atoms with Gasteiger partial charge in [0.05, 0.1) is 5.01 Å². The number of aryl methyl sites for hydroxylation is 1. The number of nitrogens with zero attached hydrogens (tertiary/aromatic N) is 2. The first kappa shape index (κ1) is 12.3. The largest absolute Gasteiger partial charge is 0.339 e. The van der Waals surface area contributed by atoms with Crippen LogP contribution in [0, 0.1) is 12.8 Å². The van der Waals surface area contributed by atoms with E-state index >= 15 is 0 Å². The van der Waals surface area contributed by atoms with Crippen LogP contribution in [0.1, 0.15) is 16.3 Å². The maximum Gasteiger partial charge on any atom is 0.246 e. The highest BCUT2D eigenvalue weighted by Crippen LogP contribution is 2.16. The third-order valence-corrected chi connectivity index (χ3v) is 3.84. The first-order chi connectivity index (χ1) is 8.19. The molecule has 0 radical (unpaired) electrons. The molecule has 0 bridgehead atoms. The van der Waals surface area contributed by atoms with Gasteiger partial charge in [0.15, 0.2) is 0 Å². The van der Waals surface area contributed by atoms with Gasteiger partial charge in [-0.1, -0.05) is 0 Å². The second-order valence-corrected chi connectivity index (χ2v) is 5.56. The molecule has 0 aliphatic carbocycles. The number of rotatable bonds is 3. The summed E-state index contributed by atoms with van der Waals surface area (Å²) in [5, 5.41) is 1.02. The minimum absolute atomic E-state index is 0.0759. The van der Waals surface area contributed by atoms with Gasteiger partial charge in [-0.2, -0.15) is 0 Å². The second-order valence-electron chi connectivity index (χ2n) is 4.29. The van der Waals surface area contributed by atoms with Crippen molar-refractivity contribution in [1.82, 2.24) is 9.88 Å². The van der Waals surface area contributed by atoms with E-state index in [1.807, 2.05) is 17.9 Å². The van der Waals surface area contributed by atoms with Gasteiger partial charge >= 0.3 is 0 Å². The Hall–Kier alpha value is -1.20. The van der Waals surface area contributed by atoms with Crippen LogP contribution in [0.3, 0.4) is 0 Å². The zero-order chi connectivity index (χ0) is 12.3. The van der Waals surface area contributed by atoms with Gasteiger partial charge in [-0.15, -0.1) is 11.3 Å². The smallest absolute Gasteiger partial charge is 0.246 e. The fourth-order valence-corrected chi connectivity index (χ4v) is 2.63. The summed E-state index contributed by atoms with van der Waals surface area (Å²) < 4.78 is 0. The first-order valence-corrected chi connectivity index (χ1v) is 6.60. The minimum Gasteiger partial charge on any atom is -0.339 e. The van der Waals surface area contributed by atoms with Gasteiger partial charge in [0, 0.05) is 30.2 Å². The predicted octanol–water partition coefficient (Wildman–Crippen LogP) is 1.27. The van der Waals surface area contributed by atoms with E-state index in [-0.39, 0.29) is 5.91 Å². The summed E-state index contributed by atoms with van der Waals surface area (Å²) in [6.45, 7) is 4.24. The van der Waals surface area contributed by atoms with Crippen molar-refractivity contribution in [2.45, 2.75) is 13.3 Å². The number of likely N-dealkylation sites (tertiary alicyclic amines) is 1. The van der Waals surface area contributed by atoms with Crippen molar-refractivity contribution in [1.29, 1.82) is 0 Å². The number of thiazole rings is 1. The molecule has 1 saturated heterocycles. The van der Waals surface area contributed by atoms with Gasteiger partial charge in [0.25, 0.3) is 0 Å². The van der Waals surface area contributed by atoms with Crippen LogP contribution >= 0.6 is 11.3 Å².